The first-order chi connectivity index (χ1) is 8.15. The summed E-state index contributed by atoms with van der Waals surface area (Å²) in [6.07, 6.45) is -0.183. The molecule has 0 aliphatic rings. The van der Waals surface area contributed by atoms with E-state index in [2.05, 4.69) is 0 Å². The molecular formula is C13H20O4. The van der Waals surface area contributed by atoms with Gasteiger partial charge in [0.05, 0.1) is 20.3 Å². The summed E-state index contributed by atoms with van der Waals surface area (Å²) in [7, 11) is 4.76. The lowest BCUT2D eigenvalue weighted by Crippen LogP contribution is -2.19. The van der Waals surface area contributed by atoms with Crippen LogP contribution in [0.15, 0.2) is 18.2 Å². The van der Waals surface area contributed by atoms with Crippen LogP contribution >= 0.6 is 0 Å². The molecular weight excluding hydrogens is 220 g/mol. The van der Waals surface area contributed by atoms with Crippen molar-refractivity contribution in [2.45, 2.75) is 25.6 Å². The fraction of sp³-hybridized carbons (Fsp3) is 0.538. The summed E-state index contributed by atoms with van der Waals surface area (Å²) in [6.45, 7) is 1.97. The number of aliphatic hydroxyl groups excluding tert-OH is 1. The molecule has 1 aromatic carbocycles. The van der Waals surface area contributed by atoms with Crippen LogP contribution in [0.1, 0.15) is 25.0 Å². The molecule has 0 aromatic heterocycles. The average Bonchev–Trinajstić information content (AvgIpc) is 2.39. The first-order valence-electron chi connectivity index (χ1n) is 5.60. The van der Waals surface area contributed by atoms with Crippen LogP contribution in [0.3, 0.4) is 0 Å². The molecule has 4 heteroatoms. The molecule has 1 aromatic rings. The van der Waals surface area contributed by atoms with Gasteiger partial charge >= 0.3 is 0 Å². The number of ether oxygens (including phenoxy) is 3. The van der Waals surface area contributed by atoms with Gasteiger partial charge in [-0.3, -0.25) is 0 Å². The van der Waals surface area contributed by atoms with Gasteiger partial charge in [-0.25, -0.2) is 0 Å². The lowest BCUT2D eigenvalue weighted by atomic mass is 10.0. The van der Waals surface area contributed by atoms with Crippen molar-refractivity contribution in [3.05, 3.63) is 23.8 Å². The van der Waals surface area contributed by atoms with Crippen molar-refractivity contribution < 1.29 is 19.3 Å². The number of hydrogen-bond acceptors (Lipinski definition) is 4. The maximum absolute atomic E-state index is 10.2. The monoisotopic (exact) mass is 240 g/mol. The molecule has 0 spiro atoms. The van der Waals surface area contributed by atoms with E-state index in [9.17, 15) is 5.11 Å². The van der Waals surface area contributed by atoms with Gasteiger partial charge in [0.15, 0.2) is 0 Å². The van der Waals surface area contributed by atoms with Crippen LogP contribution in [0.4, 0.5) is 0 Å². The van der Waals surface area contributed by atoms with Gasteiger partial charge in [-0.15, -0.1) is 0 Å². The molecule has 0 fully saturated rings. The summed E-state index contributed by atoms with van der Waals surface area (Å²) in [5.41, 5.74) is 0.731. The topological polar surface area (TPSA) is 47.9 Å². The summed E-state index contributed by atoms with van der Waals surface area (Å²) < 4.78 is 15.6. The maximum Gasteiger partial charge on any atom is 0.122 e. The minimum atomic E-state index is -0.686. The van der Waals surface area contributed by atoms with E-state index >= 15 is 0 Å². The Morgan fingerprint density at radius 2 is 1.59 bits per heavy atom. The molecule has 1 N–H and O–H groups in total. The third-order valence-corrected chi connectivity index (χ3v) is 2.77. The molecule has 0 heterocycles. The highest BCUT2D eigenvalue weighted by Crippen LogP contribution is 2.29. The van der Waals surface area contributed by atoms with Gasteiger partial charge in [0.25, 0.3) is 0 Å². The fourth-order valence-corrected chi connectivity index (χ4v) is 1.73. The zero-order chi connectivity index (χ0) is 12.8. The molecule has 0 radical (unpaired) electrons. The van der Waals surface area contributed by atoms with Crippen LogP contribution < -0.4 is 9.47 Å². The van der Waals surface area contributed by atoms with Crippen LogP contribution in [0.25, 0.3) is 0 Å². The Bertz CT molecular complexity index is 325. The van der Waals surface area contributed by atoms with Crippen molar-refractivity contribution in [1.82, 2.24) is 0 Å². The molecule has 96 valence electrons. The summed E-state index contributed by atoms with van der Waals surface area (Å²) in [6, 6.07) is 5.34. The van der Waals surface area contributed by atoms with E-state index in [0.29, 0.717) is 11.5 Å². The van der Waals surface area contributed by atoms with Crippen LogP contribution in [0, 0.1) is 0 Å². The van der Waals surface area contributed by atoms with E-state index < -0.39 is 6.10 Å². The lowest BCUT2D eigenvalue weighted by Gasteiger charge is -2.21. The Morgan fingerprint density at radius 1 is 1.06 bits per heavy atom. The number of hydrogen-bond donors (Lipinski definition) is 1. The molecule has 0 amide bonds. The van der Waals surface area contributed by atoms with Crippen LogP contribution in [-0.2, 0) is 4.74 Å². The van der Waals surface area contributed by atoms with Crippen LogP contribution in [-0.4, -0.2) is 32.5 Å². The fourth-order valence-electron chi connectivity index (χ4n) is 1.73. The molecule has 2 atom stereocenters. The number of methoxy groups -OCH3 is 3. The van der Waals surface area contributed by atoms with E-state index in [1.54, 1.807) is 39.5 Å². The quantitative estimate of drug-likeness (QED) is 0.827. The van der Waals surface area contributed by atoms with Crippen LogP contribution in [0.2, 0.25) is 0 Å². The molecule has 17 heavy (non-hydrogen) atoms. The molecule has 0 saturated carbocycles. The normalized spacial score (nSPS) is 14.2. The van der Waals surface area contributed by atoms with Crippen molar-refractivity contribution in [2.24, 2.45) is 0 Å². The van der Waals surface area contributed by atoms with Crippen molar-refractivity contribution in [3.63, 3.8) is 0 Å². The van der Waals surface area contributed by atoms with Crippen molar-refractivity contribution in [1.29, 1.82) is 0 Å². The van der Waals surface area contributed by atoms with Gasteiger partial charge in [0.2, 0.25) is 0 Å². The minimum absolute atomic E-state index is 0.230. The largest absolute Gasteiger partial charge is 0.497 e. The SMILES string of the molecule is CCC(OC)C(O)c1cc(OC)cc(OC)c1. The van der Waals surface area contributed by atoms with Crippen molar-refractivity contribution >= 4 is 0 Å². The van der Waals surface area contributed by atoms with Crippen molar-refractivity contribution in [2.75, 3.05) is 21.3 Å². The zero-order valence-corrected chi connectivity index (χ0v) is 10.8. The average molecular weight is 240 g/mol. The minimum Gasteiger partial charge on any atom is -0.497 e. The summed E-state index contributed by atoms with van der Waals surface area (Å²) in [4.78, 5) is 0. The number of rotatable bonds is 6. The zero-order valence-electron chi connectivity index (χ0n) is 10.8. The number of aliphatic hydroxyl groups is 1. The Kier molecular flexibility index (Phi) is 5.25. The smallest absolute Gasteiger partial charge is 0.122 e. The standard InChI is InChI=1S/C13H20O4/c1-5-12(17-4)13(14)9-6-10(15-2)8-11(7-9)16-3/h6-8,12-14H,5H2,1-4H3. The highest BCUT2D eigenvalue weighted by atomic mass is 16.5. The molecule has 4 nitrogen and oxygen atoms in total. The van der Waals surface area contributed by atoms with E-state index in [1.165, 1.54) is 0 Å². The van der Waals surface area contributed by atoms with Gasteiger partial charge in [-0.2, -0.15) is 0 Å². The molecule has 0 aliphatic carbocycles. The third kappa shape index (κ3) is 3.35. The molecule has 0 aliphatic heterocycles. The Morgan fingerprint density at radius 3 is 1.94 bits per heavy atom. The Balaban J connectivity index is 3.02. The molecule has 0 saturated heterocycles. The molecule has 0 bridgehead atoms. The van der Waals surface area contributed by atoms with E-state index in [0.717, 1.165) is 12.0 Å². The maximum atomic E-state index is 10.2. The van der Waals surface area contributed by atoms with Gasteiger partial charge in [0.1, 0.15) is 17.6 Å². The first kappa shape index (κ1) is 13.8. The van der Waals surface area contributed by atoms with Gasteiger partial charge < -0.3 is 19.3 Å². The summed E-state index contributed by atoms with van der Waals surface area (Å²) in [5, 5.41) is 10.2. The van der Waals surface area contributed by atoms with E-state index in [4.69, 9.17) is 14.2 Å². The second-order valence-electron chi connectivity index (χ2n) is 3.77. The second kappa shape index (κ2) is 6.47. The van der Waals surface area contributed by atoms with E-state index in [-0.39, 0.29) is 6.10 Å². The van der Waals surface area contributed by atoms with Gasteiger partial charge in [-0.05, 0) is 24.1 Å². The molecule has 2 unspecified atom stereocenters. The number of benzene rings is 1. The highest BCUT2D eigenvalue weighted by molar-refractivity contribution is 5.39. The Labute approximate surface area is 102 Å². The summed E-state index contributed by atoms with van der Waals surface area (Å²) in [5.74, 6) is 1.31. The summed E-state index contributed by atoms with van der Waals surface area (Å²) >= 11 is 0. The van der Waals surface area contributed by atoms with Crippen LogP contribution in [0.5, 0.6) is 11.5 Å². The second-order valence-corrected chi connectivity index (χ2v) is 3.77. The predicted octanol–water partition coefficient (Wildman–Crippen LogP) is 2.16. The van der Waals surface area contributed by atoms with Gasteiger partial charge in [-0.1, -0.05) is 6.92 Å². The highest BCUT2D eigenvalue weighted by Gasteiger charge is 2.20. The first-order valence-corrected chi connectivity index (χ1v) is 5.60. The lowest BCUT2D eigenvalue weighted by molar-refractivity contribution is -0.0150. The third-order valence-electron chi connectivity index (χ3n) is 2.77. The predicted molar refractivity (Wildman–Crippen MR) is 65.6 cm³/mol. The van der Waals surface area contributed by atoms with Gasteiger partial charge in [0, 0.05) is 13.2 Å². The Hall–Kier alpha value is -1.26. The molecule has 1 rings (SSSR count). The van der Waals surface area contributed by atoms with Crippen molar-refractivity contribution in [3.8, 4) is 11.5 Å². The van der Waals surface area contributed by atoms with E-state index in [1.807, 2.05) is 6.92 Å².